The van der Waals surface area contributed by atoms with Crippen LogP contribution in [0.4, 0.5) is 18.9 Å². The highest BCUT2D eigenvalue weighted by atomic mass is 35.5. The van der Waals surface area contributed by atoms with Crippen molar-refractivity contribution >= 4 is 29.3 Å². The van der Waals surface area contributed by atoms with Gasteiger partial charge in [-0.3, -0.25) is 0 Å². The number of benzene rings is 1. The summed E-state index contributed by atoms with van der Waals surface area (Å²) >= 11 is 6.29. The molecule has 136 valence electrons. The fourth-order valence-corrected chi connectivity index (χ4v) is 3.41. The highest BCUT2D eigenvalue weighted by Crippen LogP contribution is 2.42. The summed E-state index contributed by atoms with van der Waals surface area (Å²) in [6.07, 6.45) is -4.38. The Balaban J connectivity index is 1.99. The van der Waals surface area contributed by atoms with Gasteiger partial charge in [-0.05, 0) is 30.9 Å². The molecule has 0 aliphatic carbocycles. The molecule has 1 N–H and O–H groups in total. The summed E-state index contributed by atoms with van der Waals surface area (Å²) in [5.41, 5.74) is -0.00643. The third kappa shape index (κ3) is 3.56. The van der Waals surface area contributed by atoms with E-state index in [1.807, 2.05) is 4.90 Å². The number of nitrogens with zero attached hydrogens (tertiary/aromatic N) is 1. The van der Waals surface area contributed by atoms with Gasteiger partial charge in [-0.15, -0.1) is 0 Å². The van der Waals surface area contributed by atoms with Crippen LogP contribution in [0.1, 0.15) is 25.3 Å². The van der Waals surface area contributed by atoms with Crippen molar-refractivity contribution in [2.45, 2.75) is 32.0 Å². The van der Waals surface area contributed by atoms with Gasteiger partial charge in [-0.25, -0.2) is 4.79 Å². The van der Waals surface area contributed by atoms with Crippen LogP contribution in [-0.2, 0) is 4.79 Å². The van der Waals surface area contributed by atoms with Gasteiger partial charge in [-0.2, -0.15) is 13.2 Å². The maximum atomic E-state index is 13.2. The van der Waals surface area contributed by atoms with Crippen LogP contribution in [-0.4, -0.2) is 36.4 Å². The summed E-state index contributed by atoms with van der Waals surface area (Å²) in [4.78, 5) is 13.2. The van der Waals surface area contributed by atoms with Gasteiger partial charge in [0.25, 0.3) is 0 Å². The normalized spacial score (nSPS) is 21.4. The quantitative estimate of drug-likeness (QED) is 0.834. The molecule has 25 heavy (non-hydrogen) atoms. The van der Waals surface area contributed by atoms with Crippen molar-refractivity contribution in [1.82, 2.24) is 0 Å². The van der Waals surface area contributed by atoms with Crippen molar-refractivity contribution in [3.8, 4) is 5.75 Å². The average molecular weight is 376 g/mol. The third-order valence-electron chi connectivity index (χ3n) is 4.59. The largest absolute Gasteiger partial charge is 0.478 e. The summed E-state index contributed by atoms with van der Waals surface area (Å²) in [5, 5.41) is 9.42. The summed E-state index contributed by atoms with van der Waals surface area (Å²) in [5.74, 6) is -1.08. The molecule has 2 heterocycles. The molecule has 0 spiro atoms. The lowest BCUT2D eigenvalue weighted by molar-refractivity contribution is -0.187. The first-order valence-corrected chi connectivity index (χ1v) is 8.31. The zero-order valence-electron chi connectivity index (χ0n) is 13.4. The minimum atomic E-state index is -4.82. The number of fused-ring (bicyclic) bond motifs is 1. The van der Waals surface area contributed by atoms with Crippen molar-refractivity contribution in [3.63, 3.8) is 0 Å². The molecule has 0 saturated carbocycles. The molecule has 0 bridgehead atoms. The zero-order chi connectivity index (χ0) is 18.4. The van der Waals surface area contributed by atoms with E-state index in [9.17, 15) is 18.0 Å². The van der Waals surface area contributed by atoms with Gasteiger partial charge in [-0.1, -0.05) is 18.5 Å². The van der Waals surface area contributed by atoms with E-state index in [2.05, 4.69) is 6.92 Å². The number of piperidine rings is 1. The Morgan fingerprint density at radius 1 is 1.32 bits per heavy atom. The van der Waals surface area contributed by atoms with Crippen molar-refractivity contribution in [3.05, 3.63) is 28.3 Å². The third-order valence-corrected chi connectivity index (χ3v) is 4.89. The second kappa shape index (κ2) is 6.44. The summed E-state index contributed by atoms with van der Waals surface area (Å²) in [6, 6.07) is 2.93. The molecule has 3 rings (SSSR count). The molecule has 1 atom stereocenters. The standard InChI is InChI=1S/C17H17ClF3NO3/c1-9-2-4-22(5-3-9)13-8-14-10(7-12(13)18)6-11(16(23)24)15(25-14)17(19,20)21/h6-9,15H,2-5H2,1H3,(H,23,24). The number of ether oxygens (including phenoxy) is 1. The number of halogens is 4. The maximum Gasteiger partial charge on any atom is 0.430 e. The lowest BCUT2D eigenvalue weighted by atomic mass is 9.97. The second-order valence-electron chi connectivity index (χ2n) is 6.46. The zero-order valence-corrected chi connectivity index (χ0v) is 14.2. The molecular weight excluding hydrogens is 359 g/mol. The SMILES string of the molecule is CC1CCN(c2cc3c(cc2Cl)C=C(C(=O)O)C(C(F)(F)F)O3)CC1. The van der Waals surface area contributed by atoms with E-state index in [4.69, 9.17) is 21.4 Å². The van der Waals surface area contributed by atoms with E-state index in [-0.39, 0.29) is 11.3 Å². The van der Waals surface area contributed by atoms with E-state index in [1.165, 1.54) is 12.1 Å². The molecule has 2 aliphatic heterocycles. The van der Waals surface area contributed by atoms with Crippen LogP contribution in [0, 0.1) is 5.92 Å². The van der Waals surface area contributed by atoms with Crippen molar-refractivity contribution in [2.24, 2.45) is 5.92 Å². The Labute approximate surface area is 147 Å². The van der Waals surface area contributed by atoms with Crippen LogP contribution >= 0.6 is 11.6 Å². The molecule has 0 aromatic heterocycles. The number of carbonyl (C=O) groups is 1. The Hall–Kier alpha value is -1.89. The number of carboxylic acid groups (broad SMARTS) is 1. The molecule has 8 heteroatoms. The number of hydrogen-bond donors (Lipinski definition) is 1. The van der Waals surface area contributed by atoms with Crippen LogP contribution in [0.2, 0.25) is 5.02 Å². The summed E-state index contributed by atoms with van der Waals surface area (Å²) < 4.78 is 44.5. The van der Waals surface area contributed by atoms with Crippen molar-refractivity contribution in [1.29, 1.82) is 0 Å². The van der Waals surface area contributed by atoms with Gasteiger partial charge in [0, 0.05) is 24.7 Å². The van der Waals surface area contributed by atoms with Crippen LogP contribution < -0.4 is 9.64 Å². The molecule has 1 saturated heterocycles. The Morgan fingerprint density at radius 2 is 1.96 bits per heavy atom. The lowest BCUT2D eigenvalue weighted by Gasteiger charge is -2.34. The van der Waals surface area contributed by atoms with Crippen molar-refractivity contribution in [2.75, 3.05) is 18.0 Å². The minimum absolute atomic E-state index is 0.00894. The molecule has 1 aromatic rings. The summed E-state index contributed by atoms with van der Waals surface area (Å²) in [6.45, 7) is 3.68. The number of carboxylic acids is 1. The van der Waals surface area contributed by atoms with Gasteiger partial charge >= 0.3 is 12.1 Å². The number of hydrogen-bond acceptors (Lipinski definition) is 3. The van der Waals surface area contributed by atoms with E-state index < -0.39 is 23.8 Å². The van der Waals surface area contributed by atoms with Crippen LogP contribution in [0.5, 0.6) is 5.75 Å². The lowest BCUT2D eigenvalue weighted by Crippen LogP contribution is -2.40. The van der Waals surface area contributed by atoms with E-state index in [0.717, 1.165) is 32.0 Å². The van der Waals surface area contributed by atoms with Crippen LogP contribution in [0.3, 0.4) is 0 Å². The van der Waals surface area contributed by atoms with E-state index >= 15 is 0 Å². The number of rotatable bonds is 2. The average Bonchev–Trinajstić information content (AvgIpc) is 2.53. The molecular formula is C17H17ClF3NO3. The first-order valence-electron chi connectivity index (χ1n) is 7.93. The van der Waals surface area contributed by atoms with Crippen LogP contribution in [0.25, 0.3) is 6.08 Å². The molecule has 2 aliphatic rings. The molecule has 0 amide bonds. The number of aliphatic carboxylic acids is 1. The monoisotopic (exact) mass is 375 g/mol. The Morgan fingerprint density at radius 3 is 2.52 bits per heavy atom. The fraction of sp³-hybridized carbons (Fsp3) is 0.471. The van der Waals surface area contributed by atoms with Gasteiger partial charge < -0.3 is 14.7 Å². The van der Waals surface area contributed by atoms with Gasteiger partial charge in [0.15, 0.2) is 0 Å². The highest BCUT2D eigenvalue weighted by molar-refractivity contribution is 6.33. The topological polar surface area (TPSA) is 49.8 Å². The predicted molar refractivity (Wildman–Crippen MR) is 88.1 cm³/mol. The fourth-order valence-electron chi connectivity index (χ4n) is 3.12. The minimum Gasteiger partial charge on any atom is -0.478 e. The molecule has 1 fully saturated rings. The first kappa shape index (κ1) is 17.9. The Bertz CT molecular complexity index is 725. The molecule has 1 aromatic carbocycles. The molecule has 4 nitrogen and oxygen atoms in total. The van der Waals surface area contributed by atoms with Crippen molar-refractivity contribution < 1.29 is 27.8 Å². The molecule has 0 radical (unpaired) electrons. The smallest absolute Gasteiger partial charge is 0.430 e. The first-order chi connectivity index (χ1) is 11.7. The van der Waals surface area contributed by atoms with Gasteiger partial charge in [0.2, 0.25) is 6.10 Å². The van der Waals surface area contributed by atoms with E-state index in [1.54, 1.807) is 0 Å². The highest BCUT2D eigenvalue weighted by Gasteiger charge is 2.48. The second-order valence-corrected chi connectivity index (χ2v) is 6.86. The van der Waals surface area contributed by atoms with Gasteiger partial charge in [0.1, 0.15) is 5.75 Å². The van der Waals surface area contributed by atoms with E-state index in [0.29, 0.717) is 16.6 Å². The molecule has 1 unspecified atom stereocenters. The summed E-state index contributed by atoms with van der Waals surface area (Å²) in [7, 11) is 0. The van der Waals surface area contributed by atoms with Crippen LogP contribution in [0.15, 0.2) is 17.7 Å². The number of anilines is 1. The number of alkyl halides is 3. The van der Waals surface area contributed by atoms with Gasteiger partial charge in [0.05, 0.1) is 16.3 Å². The predicted octanol–water partition coefficient (Wildman–Crippen LogP) is 4.37. The Kier molecular flexibility index (Phi) is 4.62. The maximum absolute atomic E-state index is 13.2.